The molecule has 0 heterocycles. The Labute approximate surface area is 156 Å². The Morgan fingerprint density at radius 2 is 1.58 bits per heavy atom. The van der Waals surface area contributed by atoms with Crippen molar-refractivity contribution in [2.45, 2.75) is 39.0 Å². The van der Waals surface area contributed by atoms with Crippen LogP contribution in [-0.4, -0.2) is 26.2 Å². The molecular formula is C22H29NO3. The van der Waals surface area contributed by atoms with Crippen LogP contribution in [0.25, 0.3) is 0 Å². The lowest BCUT2D eigenvalue weighted by Gasteiger charge is -2.19. The second kappa shape index (κ2) is 9.27. The summed E-state index contributed by atoms with van der Waals surface area (Å²) >= 11 is 0. The molecule has 0 saturated carbocycles. The van der Waals surface area contributed by atoms with Gasteiger partial charge in [-0.25, -0.2) is 0 Å². The predicted octanol–water partition coefficient (Wildman–Crippen LogP) is 4.12. The molecule has 2 aromatic rings. The van der Waals surface area contributed by atoms with Crippen LogP contribution in [0.3, 0.4) is 0 Å². The third-order valence-corrected chi connectivity index (χ3v) is 4.21. The van der Waals surface area contributed by atoms with E-state index in [1.165, 1.54) is 11.1 Å². The minimum Gasteiger partial charge on any atom is -0.497 e. The van der Waals surface area contributed by atoms with Crippen LogP contribution in [0, 0.1) is 0 Å². The van der Waals surface area contributed by atoms with Crippen molar-refractivity contribution < 1.29 is 14.3 Å². The van der Waals surface area contributed by atoms with Gasteiger partial charge < -0.3 is 14.8 Å². The van der Waals surface area contributed by atoms with Crippen molar-refractivity contribution in [3.05, 3.63) is 59.7 Å². The normalized spacial score (nSPS) is 11.1. The van der Waals surface area contributed by atoms with Crippen LogP contribution in [-0.2, 0) is 16.6 Å². The first-order chi connectivity index (χ1) is 12.4. The first kappa shape index (κ1) is 19.8. The van der Waals surface area contributed by atoms with Crippen LogP contribution >= 0.6 is 0 Å². The number of rotatable bonds is 8. The zero-order chi connectivity index (χ0) is 19.0. The molecule has 0 unspecified atom stereocenters. The van der Waals surface area contributed by atoms with E-state index < -0.39 is 0 Å². The molecule has 0 saturated heterocycles. The van der Waals surface area contributed by atoms with E-state index in [9.17, 15) is 4.79 Å². The zero-order valence-corrected chi connectivity index (χ0v) is 16.2. The van der Waals surface area contributed by atoms with Crippen molar-refractivity contribution in [1.82, 2.24) is 5.32 Å². The quantitative estimate of drug-likeness (QED) is 0.725. The van der Waals surface area contributed by atoms with Gasteiger partial charge in [-0.1, -0.05) is 45.0 Å². The number of nitrogens with one attached hydrogen (secondary N) is 1. The maximum atomic E-state index is 11.9. The monoisotopic (exact) mass is 355 g/mol. The third kappa shape index (κ3) is 6.43. The van der Waals surface area contributed by atoms with E-state index in [4.69, 9.17) is 9.47 Å². The molecule has 2 aromatic carbocycles. The first-order valence-electron chi connectivity index (χ1n) is 9.01. The number of amides is 1. The molecule has 140 valence electrons. The molecule has 0 bridgehead atoms. The minimum atomic E-state index is -0.0976. The Morgan fingerprint density at radius 1 is 0.962 bits per heavy atom. The van der Waals surface area contributed by atoms with Crippen molar-refractivity contribution in [2.75, 3.05) is 20.3 Å². The highest BCUT2D eigenvalue weighted by atomic mass is 16.5. The minimum absolute atomic E-state index is 0.0391. The second-order valence-electron chi connectivity index (χ2n) is 7.36. The van der Waals surface area contributed by atoms with Crippen LogP contribution in [0.5, 0.6) is 11.5 Å². The largest absolute Gasteiger partial charge is 0.497 e. The summed E-state index contributed by atoms with van der Waals surface area (Å²) in [5, 5.41) is 2.89. The van der Waals surface area contributed by atoms with Gasteiger partial charge in [0.25, 0.3) is 5.91 Å². The highest BCUT2D eigenvalue weighted by molar-refractivity contribution is 5.77. The number of hydrogen-bond donors (Lipinski definition) is 1. The van der Waals surface area contributed by atoms with Crippen LogP contribution in [0.1, 0.15) is 38.3 Å². The Bertz CT molecular complexity index is 685. The van der Waals surface area contributed by atoms with E-state index in [1.807, 2.05) is 48.5 Å². The first-order valence-corrected chi connectivity index (χ1v) is 9.01. The van der Waals surface area contributed by atoms with Gasteiger partial charge in [0.2, 0.25) is 0 Å². The summed E-state index contributed by atoms with van der Waals surface area (Å²) in [5.41, 5.74) is 2.59. The third-order valence-electron chi connectivity index (χ3n) is 4.21. The van der Waals surface area contributed by atoms with E-state index in [2.05, 4.69) is 26.1 Å². The van der Waals surface area contributed by atoms with Crippen LogP contribution in [0.2, 0.25) is 0 Å². The molecule has 0 atom stereocenters. The fourth-order valence-electron chi connectivity index (χ4n) is 2.56. The summed E-state index contributed by atoms with van der Waals surface area (Å²) in [4.78, 5) is 11.9. The molecule has 0 spiro atoms. The number of carbonyl (C=O) groups is 1. The van der Waals surface area contributed by atoms with Crippen molar-refractivity contribution in [1.29, 1.82) is 0 Å². The molecule has 1 amide bonds. The lowest BCUT2D eigenvalue weighted by Crippen LogP contribution is -2.29. The van der Waals surface area contributed by atoms with Crippen molar-refractivity contribution in [3.63, 3.8) is 0 Å². The Hall–Kier alpha value is -2.49. The van der Waals surface area contributed by atoms with Gasteiger partial charge in [0.15, 0.2) is 6.61 Å². The van der Waals surface area contributed by atoms with Crippen molar-refractivity contribution >= 4 is 5.91 Å². The molecule has 4 nitrogen and oxygen atoms in total. The average Bonchev–Trinajstić information content (AvgIpc) is 2.63. The predicted molar refractivity (Wildman–Crippen MR) is 105 cm³/mol. The molecule has 0 fully saturated rings. The fourth-order valence-corrected chi connectivity index (χ4v) is 2.56. The number of benzene rings is 2. The van der Waals surface area contributed by atoms with Gasteiger partial charge in [0.1, 0.15) is 11.5 Å². The molecule has 0 aromatic heterocycles. The number of carbonyl (C=O) groups excluding carboxylic acids is 1. The van der Waals surface area contributed by atoms with E-state index >= 15 is 0 Å². The summed E-state index contributed by atoms with van der Waals surface area (Å²) in [7, 11) is 1.66. The van der Waals surface area contributed by atoms with Gasteiger partial charge in [0, 0.05) is 6.54 Å². The summed E-state index contributed by atoms with van der Waals surface area (Å²) in [5.74, 6) is 1.47. The van der Waals surface area contributed by atoms with Gasteiger partial charge in [-0.3, -0.25) is 4.79 Å². The Morgan fingerprint density at radius 3 is 2.15 bits per heavy atom. The van der Waals surface area contributed by atoms with E-state index in [0.717, 1.165) is 18.6 Å². The molecule has 0 aliphatic heterocycles. The molecule has 0 aliphatic rings. The summed E-state index contributed by atoms with van der Waals surface area (Å²) in [6.45, 7) is 7.18. The smallest absolute Gasteiger partial charge is 0.257 e. The molecule has 1 N–H and O–H groups in total. The van der Waals surface area contributed by atoms with Gasteiger partial charge in [-0.2, -0.15) is 0 Å². The highest BCUT2D eigenvalue weighted by Gasteiger charge is 2.13. The van der Waals surface area contributed by atoms with Crippen molar-refractivity contribution in [2.24, 2.45) is 0 Å². The van der Waals surface area contributed by atoms with Crippen LogP contribution in [0.15, 0.2) is 48.5 Å². The highest BCUT2D eigenvalue weighted by Crippen LogP contribution is 2.24. The lowest BCUT2D eigenvalue weighted by atomic mass is 9.87. The molecule has 2 rings (SSSR count). The fraction of sp³-hybridized carbons (Fsp3) is 0.409. The standard InChI is InChI=1S/C22H29NO3/c1-22(2,3)18-9-13-20(14-10-18)26-16-21(24)23-15-5-6-17-7-11-19(25-4)12-8-17/h7-14H,5-6,15-16H2,1-4H3,(H,23,24). The van der Waals surface area contributed by atoms with E-state index in [0.29, 0.717) is 12.3 Å². The number of aryl methyl sites for hydroxylation is 1. The summed E-state index contributed by atoms with van der Waals surface area (Å²) in [6.07, 6.45) is 1.80. The van der Waals surface area contributed by atoms with Gasteiger partial charge in [0.05, 0.1) is 7.11 Å². The van der Waals surface area contributed by atoms with Crippen LogP contribution in [0.4, 0.5) is 0 Å². The topological polar surface area (TPSA) is 47.6 Å². The second-order valence-corrected chi connectivity index (χ2v) is 7.36. The maximum Gasteiger partial charge on any atom is 0.257 e. The Balaban J connectivity index is 1.65. The zero-order valence-electron chi connectivity index (χ0n) is 16.2. The number of ether oxygens (including phenoxy) is 2. The van der Waals surface area contributed by atoms with Gasteiger partial charge >= 0.3 is 0 Å². The summed E-state index contributed by atoms with van der Waals surface area (Å²) < 4.78 is 10.7. The Kier molecular flexibility index (Phi) is 7.07. The molecular weight excluding hydrogens is 326 g/mol. The van der Waals surface area contributed by atoms with Crippen molar-refractivity contribution in [3.8, 4) is 11.5 Å². The lowest BCUT2D eigenvalue weighted by molar-refractivity contribution is -0.123. The SMILES string of the molecule is COc1ccc(CCCNC(=O)COc2ccc(C(C)(C)C)cc2)cc1. The van der Waals surface area contributed by atoms with E-state index in [-0.39, 0.29) is 17.9 Å². The summed E-state index contributed by atoms with van der Waals surface area (Å²) in [6, 6.07) is 15.9. The molecule has 26 heavy (non-hydrogen) atoms. The molecule has 0 aliphatic carbocycles. The maximum absolute atomic E-state index is 11.9. The number of methoxy groups -OCH3 is 1. The number of hydrogen-bond acceptors (Lipinski definition) is 3. The van der Waals surface area contributed by atoms with Gasteiger partial charge in [-0.15, -0.1) is 0 Å². The van der Waals surface area contributed by atoms with Crippen LogP contribution < -0.4 is 14.8 Å². The molecule has 0 radical (unpaired) electrons. The van der Waals surface area contributed by atoms with Gasteiger partial charge in [-0.05, 0) is 53.6 Å². The molecule has 4 heteroatoms. The van der Waals surface area contributed by atoms with E-state index in [1.54, 1.807) is 7.11 Å². The average molecular weight is 355 g/mol.